The lowest BCUT2D eigenvalue weighted by Gasteiger charge is -2.07. The zero-order chi connectivity index (χ0) is 12.3. The molecule has 84 valence electrons. The van der Waals surface area contributed by atoms with Crippen molar-refractivity contribution in [2.45, 2.75) is 0 Å². The Morgan fingerprint density at radius 2 is 2.00 bits per heavy atom. The molecule has 0 bridgehead atoms. The van der Waals surface area contributed by atoms with Gasteiger partial charge in [0, 0.05) is 10.5 Å². The number of anilines is 2. The van der Waals surface area contributed by atoms with Gasteiger partial charge in [0.2, 0.25) is 0 Å². The van der Waals surface area contributed by atoms with E-state index in [1.165, 1.54) is 6.33 Å². The average Bonchev–Trinajstić information content (AvgIpc) is 2.32. The van der Waals surface area contributed by atoms with Crippen LogP contribution in [0, 0.1) is 11.3 Å². The van der Waals surface area contributed by atoms with Gasteiger partial charge in [-0.15, -0.1) is 0 Å². The van der Waals surface area contributed by atoms with Gasteiger partial charge < -0.3 is 5.32 Å². The minimum atomic E-state index is 0.603. The van der Waals surface area contributed by atoms with Crippen LogP contribution in [0.15, 0.2) is 39.7 Å². The van der Waals surface area contributed by atoms with Crippen LogP contribution in [0.4, 0.5) is 11.5 Å². The Morgan fingerprint density at radius 3 is 2.65 bits per heavy atom. The Kier molecular flexibility index (Phi) is 3.71. The molecular formula is C11H6Br2N4. The summed E-state index contributed by atoms with van der Waals surface area (Å²) in [5.74, 6) is 0.678. The summed E-state index contributed by atoms with van der Waals surface area (Å²) in [5.41, 5.74) is 1.45. The second-order valence-electron chi connectivity index (χ2n) is 3.16. The lowest BCUT2D eigenvalue weighted by molar-refractivity contribution is 1.14. The molecule has 0 atom stereocenters. The highest BCUT2D eigenvalue weighted by Crippen LogP contribution is 2.26. The highest BCUT2D eigenvalue weighted by Gasteiger charge is 2.03. The molecule has 1 N–H and O–H groups in total. The topological polar surface area (TPSA) is 61.6 Å². The summed E-state index contributed by atoms with van der Waals surface area (Å²) >= 11 is 6.67. The predicted molar refractivity (Wildman–Crippen MR) is 71.9 cm³/mol. The molecule has 17 heavy (non-hydrogen) atoms. The SMILES string of the molecule is N#Cc1ccc(Nc2cc(Br)ncn2)c(Br)c1. The number of nitriles is 1. The fourth-order valence-electron chi connectivity index (χ4n) is 1.23. The lowest BCUT2D eigenvalue weighted by Crippen LogP contribution is -1.95. The van der Waals surface area contributed by atoms with Crippen LogP contribution in [0.25, 0.3) is 0 Å². The van der Waals surface area contributed by atoms with Gasteiger partial charge in [-0.05, 0) is 50.1 Å². The van der Waals surface area contributed by atoms with Crippen LogP contribution in [0.5, 0.6) is 0 Å². The first-order valence-electron chi connectivity index (χ1n) is 4.63. The maximum absolute atomic E-state index is 8.76. The number of hydrogen-bond acceptors (Lipinski definition) is 4. The van der Waals surface area contributed by atoms with Gasteiger partial charge in [-0.25, -0.2) is 9.97 Å². The lowest BCUT2D eigenvalue weighted by atomic mass is 10.2. The molecule has 0 saturated carbocycles. The summed E-state index contributed by atoms with van der Waals surface area (Å²) < 4.78 is 1.52. The van der Waals surface area contributed by atoms with Crippen LogP contribution in [0.2, 0.25) is 0 Å². The third-order valence-electron chi connectivity index (χ3n) is 1.99. The first-order chi connectivity index (χ1) is 8.19. The van der Waals surface area contributed by atoms with Gasteiger partial charge in [0.25, 0.3) is 0 Å². The summed E-state index contributed by atoms with van der Waals surface area (Å²) in [6.45, 7) is 0. The fourth-order valence-corrected chi connectivity index (χ4v) is 2.01. The van der Waals surface area contributed by atoms with Gasteiger partial charge in [0.15, 0.2) is 0 Å². The van der Waals surface area contributed by atoms with E-state index in [0.29, 0.717) is 16.0 Å². The molecule has 0 radical (unpaired) electrons. The smallest absolute Gasteiger partial charge is 0.134 e. The number of hydrogen-bond donors (Lipinski definition) is 1. The van der Waals surface area contributed by atoms with Crippen molar-refractivity contribution in [3.63, 3.8) is 0 Å². The molecule has 2 rings (SSSR count). The van der Waals surface area contributed by atoms with Crippen LogP contribution in [-0.4, -0.2) is 9.97 Å². The number of halogens is 2. The van der Waals surface area contributed by atoms with Crippen molar-refractivity contribution in [3.8, 4) is 6.07 Å². The van der Waals surface area contributed by atoms with Crippen molar-refractivity contribution in [3.05, 3.63) is 45.2 Å². The standard InChI is InChI=1S/C11H6Br2N4/c12-8-3-7(5-14)1-2-9(8)17-11-4-10(13)15-6-16-11/h1-4,6H,(H,15,16,17). The maximum Gasteiger partial charge on any atom is 0.134 e. The summed E-state index contributed by atoms with van der Waals surface area (Å²) in [6, 6.07) is 9.15. The van der Waals surface area contributed by atoms with Crippen molar-refractivity contribution < 1.29 is 0 Å². The maximum atomic E-state index is 8.76. The highest BCUT2D eigenvalue weighted by atomic mass is 79.9. The zero-order valence-corrected chi connectivity index (χ0v) is 11.7. The molecule has 1 aromatic carbocycles. The first kappa shape index (κ1) is 12.0. The van der Waals surface area contributed by atoms with Crippen LogP contribution < -0.4 is 5.32 Å². The molecule has 0 fully saturated rings. The quantitative estimate of drug-likeness (QED) is 0.837. The molecule has 2 aromatic rings. The van der Waals surface area contributed by atoms with Crippen LogP contribution in [0.1, 0.15) is 5.56 Å². The van der Waals surface area contributed by atoms with E-state index in [0.717, 1.165) is 10.2 Å². The number of benzene rings is 1. The Labute approximate surface area is 115 Å². The molecule has 0 amide bonds. The summed E-state index contributed by atoms with van der Waals surface area (Å²) in [6.07, 6.45) is 1.46. The Hall–Kier alpha value is -1.45. The third-order valence-corrected chi connectivity index (χ3v) is 3.08. The molecular weight excluding hydrogens is 348 g/mol. The molecule has 4 nitrogen and oxygen atoms in total. The monoisotopic (exact) mass is 352 g/mol. The first-order valence-corrected chi connectivity index (χ1v) is 6.22. The third kappa shape index (κ3) is 3.02. The van der Waals surface area contributed by atoms with E-state index in [1.807, 2.05) is 6.07 Å². The van der Waals surface area contributed by atoms with E-state index >= 15 is 0 Å². The van der Waals surface area contributed by atoms with Crippen LogP contribution in [0.3, 0.4) is 0 Å². The molecule has 0 aliphatic heterocycles. The molecule has 1 aromatic heterocycles. The number of nitrogens with zero attached hydrogens (tertiary/aromatic N) is 3. The zero-order valence-electron chi connectivity index (χ0n) is 8.48. The summed E-state index contributed by atoms with van der Waals surface area (Å²) in [7, 11) is 0. The van der Waals surface area contributed by atoms with E-state index in [1.54, 1.807) is 18.2 Å². The molecule has 0 unspecified atom stereocenters. The van der Waals surface area contributed by atoms with Crippen molar-refractivity contribution in [1.29, 1.82) is 5.26 Å². The Bertz CT molecular complexity index is 592. The second-order valence-corrected chi connectivity index (χ2v) is 4.82. The predicted octanol–water partition coefficient (Wildman–Crippen LogP) is 3.62. The average molecular weight is 354 g/mol. The fraction of sp³-hybridized carbons (Fsp3) is 0. The normalized spacial score (nSPS) is 9.71. The minimum Gasteiger partial charge on any atom is -0.339 e. The number of nitrogens with one attached hydrogen (secondary N) is 1. The largest absolute Gasteiger partial charge is 0.339 e. The molecule has 6 heteroatoms. The van der Waals surface area contributed by atoms with E-state index in [4.69, 9.17) is 5.26 Å². The van der Waals surface area contributed by atoms with Crippen LogP contribution >= 0.6 is 31.9 Å². The van der Waals surface area contributed by atoms with E-state index < -0.39 is 0 Å². The second kappa shape index (κ2) is 5.25. The highest BCUT2D eigenvalue weighted by molar-refractivity contribution is 9.10. The van der Waals surface area contributed by atoms with Crippen molar-refractivity contribution >= 4 is 43.4 Å². The number of rotatable bonds is 2. The minimum absolute atomic E-state index is 0.603. The number of aromatic nitrogens is 2. The molecule has 0 saturated heterocycles. The van der Waals surface area contributed by atoms with Crippen LogP contribution in [-0.2, 0) is 0 Å². The Morgan fingerprint density at radius 1 is 1.18 bits per heavy atom. The molecule has 0 aliphatic rings. The van der Waals surface area contributed by atoms with Crippen molar-refractivity contribution in [2.24, 2.45) is 0 Å². The molecule has 0 aliphatic carbocycles. The van der Waals surface area contributed by atoms with E-state index in [9.17, 15) is 0 Å². The molecule has 1 heterocycles. The van der Waals surface area contributed by atoms with Gasteiger partial charge in [-0.3, -0.25) is 0 Å². The van der Waals surface area contributed by atoms with E-state index in [2.05, 4.69) is 53.2 Å². The Balaban J connectivity index is 2.28. The van der Waals surface area contributed by atoms with Crippen molar-refractivity contribution in [2.75, 3.05) is 5.32 Å². The van der Waals surface area contributed by atoms with Gasteiger partial charge in [-0.1, -0.05) is 0 Å². The summed E-state index contributed by atoms with van der Waals surface area (Å²) in [4.78, 5) is 8.02. The van der Waals surface area contributed by atoms with E-state index in [-0.39, 0.29) is 0 Å². The van der Waals surface area contributed by atoms with Gasteiger partial charge in [0.05, 0.1) is 17.3 Å². The van der Waals surface area contributed by atoms with Gasteiger partial charge in [-0.2, -0.15) is 5.26 Å². The molecule has 0 spiro atoms. The summed E-state index contributed by atoms with van der Waals surface area (Å²) in [5, 5.41) is 11.9. The van der Waals surface area contributed by atoms with Crippen molar-refractivity contribution in [1.82, 2.24) is 9.97 Å². The van der Waals surface area contributed by atoms with Gasteiger partial charge >= 0.3 is 0 Å². The van der Waals surface area contributed by atoms with Gasteiger partial charge in [0.1, 0.15) is 16.7 Å².